The molecule has 4 rings (SSSR count). The normalized spacial score (nSPS) is 15.9. The maximum Gasteiger partial charge on any atom is 0.458 e. The molecular formula is C21H19F8N5OS. The lowest BCUT2D eigenvalue weighted by molar-refractivity contribution is -0.290. The standard InChI is InChI=1S/C21H19F8N5OS/c1-9(30)16-12(17(35)32-11-3-4-11)5-14(36-16)10-6-31-34(7-10)18-15(19(22,23)21(27,28)29)13(8-33(18)2)20(24,25)26/h5-9,11H,3-4,30H2,1-2H3,(H,32,35). The van der Waals surface area contributed by atoms with Gasteiger partial charge in [0.1, 0.15) is 5.82 Å². The van der Waals surface area contributed by atoms with Crippen molar-refractivity contribution in [2.75, 3.05) is 0 Å². The summed E-state index contributed by atoms with van der Waals surface area (Å²) in [6.45, 7) is 1.64. The number of rotatable bonds is 6. The molecular weight excluding hydrogens is 522 g/mol. The van der Waals surface area contributed by atoms with Crippen LogP contribution >= 0.6 is 11.3 Å². The second kappa shape index (κ2) is 8.57. The van der Waals surface area contributed by atoms with Gasteiger partial charge in [-0.3, -0.25) is 4.79 Å². The van der Waals surface area contributed by atoms with Gasteiger partial charge in [0.05, 0.1) is 22.9 Å². The molecule has 3 N–H and O–H groups in total. The molecule has 1 fully saturated rings. The third kappa shape index (κ3) is 4.61. The Morgan fingerprint density at radius 1 is 1.17 bits per heavy atom. The van der Waals surface area contributed by atoms with Gasteiger partial charge in [-0.1, -0.05) is 0 Å². The van der Waals surface area contributed by atoms with E-state index >= 15 is 0 Å². The Bertz CT molecular complexity index is 1300. The van der Waals surface area contributed by atoms with E-state index < -0.39 is 41.3 Å². The number of aryl methyl sites for hydroxylation is 1. The Balaban J connectivity index is 1.82. The van der Waals surface area contributed by atoms with Crippen molar-refractivity contribution in [3.8, 4) is 16.3 Å². The summed E-state index contributed by atoms with van der Waals surface area (Å²) >= 11 is 1.08. The van der Waals surface area contributed by atoms with Gasteiger partial charge in [0.15, 0.2) is 0 Å². The molecule has 0 aliphatic heterocycles. The molecule has 0 aromatic carbocycles. The highest BCUT2D eigenvalue weighted by molar-refractivity contribution is 7.16. The molecule has 1 atom stereocenters. The van der Waals surface area contributed by atoms with Crippen molar-refractivity contribution in [3.05, 3.63) is 46.2 Å². The third-order valence-corrected chi connectivity index (χ3v) is 6.93. The van der Waals surface area contributed by atoms with Gasteiger partial charge in [-0.05, 0) is 25.8 Å². The van der Waals surface area contributed by atoms with Crippen LogP contribution in [0.1, 0.15) is 52.2 Å². The predicted octanol–water partition coefficient (Wildman–Crippen LogP) is 5.52. The molecule has 3 aromatic rings. The maximum absolute atomic E-state index is 14.4. The number of nitrogens with two attached hydrogens (primary N) is 1. The highest BCUT2D eigenvalue weighted by atomic mass is 32.1. The summed E-state index contributed by atoms with van der Waals surface area (Å²) in [6.07, 6.45) is -7.83. The molecule has 0 radical (unpaired) electrons. The van der Waals surface area contributed by atoms with E-state index in [2.05, 4.69) is 10.4 Å². The zero-order chi connectivity index (χ0) is 26.8. The largest absolute Gasteiger partial charge is 0.458 e. The van der Waals surface area contributed by atoms with Gasteiger partial charge in [0, 0.05) is 46.8 Å². The fraction of sp³-hybridized carbons (Fsp3) is 0.429. The summed E-state index contributed by atoms with van der Waals surface area (Å²) in [7, 11) is 0.904. The minimum Gasteiger partial charge on any atom is -0.349 e. The van der Waals surface area contributed by atoms with E-state index in [1.54, 1.807) is 6.92 Å². The van der Waals surface area contributed by atoms with Crippen molar-refractivity contribution < 1.29 is 39.9 Å². The minimum absolute atomic E-state index is 0.0541. The van der Waals surface area contributed by atoms with Crippen LogP contribution in [0.5, 0.6) is 0 Å². The number of halogens is 8. The van der Waals surface area contributed by atoms with E-state index in [9.17, 15) is 39.9 Å². The van der Waals surface area contributed by atoms with Crippen molar-refractivity contribution in [3.63, 3.8) is 0 Å². The van der Waals surface area contributed by atoms with Crippen LogP contribution in [-0.2, 0) is 19.1 Å². The maximum atomic E-state index is 14.4. The average molecular weight is 541 g/mol. The molecule has 3 heterocycles. The number of thiophene rings is 1. The molecule has 0 saturated heterocycles. The second-order valence-electron chi connectivity index (χ2n) is 8.52. The smallest absolute Gasteiger partial charge is 0.349 e. The Labute approximate surface area is 202 Å². The number of hydrogen-bond donors (Lipinski definition) is 2. The highest BCUT2D eigenvalue weighted by Crippen LogP contribution is 2.51. The van der Waals surface area contributed by atoms with Crippen molar-refractivity contribution in [1.82, 2.24) is 19.7 Å². The highest BCUT2D eigenvalue weighted by Gasteiger charge is 2.63. The Hall–Kier alpha value is -2.94. The number of aromatic nitrogens is 3. The van der Waals surface area contributed by atoms with Gasteiger partial charge in [-0.25, -0.2) is 4.68 Å². The second-order valence-corrected chi connectivity index (χ2v) is 9.60. The molecule has 1 aliphatic rings. The molecule has 15 heteroatoms. The Morgan fingerprint density at radius 3 is 2.33 bits per heavy atom. The van der Waals surface area contributed by atoms with Crippen LogP contribution in [0, 0.1) is 0 Å². The lowest BCUT2D eigenvalue weighted by Crippen LogP contribution is -2.36. The van der Waals surface area contributed by atoms with Crippen LogP contribution in [0.4, 0.5) is 35.1 Å². The fourth-order valence-electron chi connectivity index (χ4n) is 3.68. The first kappa shape index (κ1) is 26.1. The van der Waals surface area contributed by atoms with E-state index in [0.717, 1.165) is 43.6 Å². The molecule has 0 spiro atoms. The van der Waals surface area contributed by atoms with Crippen LogP contribution in [0.15, 0.2) is 24.7 Å². The lowest BCUT2D eigenvalue weighted by atomic mass is 10.1. The Morgan fingerprint density at radius 2 is 1.81 bits per heavy atom. The van der Waals surface area contributed by atoms with Crippen molar-refractivity contribution >= 4 is 17.2 Å². The molecule has 0 bridgehead atoms. The first-order chi connectivity index (χ1) is 16.5. The Kier molecular flexibility index (Phi) is 6.22. The van der Waals surface area contributed by atoms with Gasteiger partial charge in [0.2, 0.25) is 0 Å². The van der Waals surface area contributed by atoms with Crippen LogP contribution in [0.3, 0.4) is 0 Å². The van der Waals surface area contributed by atoms with E-state index in [1.807, 2.05) is 0 Å². The molecule has 1 aliphatic carbocycles. The van der Waals surface area contributed by atoms with E-state index in [4.69, 9.17) is 5.73 Å². The molecule has 6 nitrogen and oxygen atoms in total. The van der Waals surface area contributed by atoms with Crippen molar-refractivity contribution in [2.24, 2.45) is 12.8 Å². The zero-order valence-corrected chi connectivity index (χ0v) is 19.5. The van der Waals surface area contributed by atoms with Crippen molar-refractivity contribution in [1.29, 1.82) is 0 Å². The van der Waals surface area contributed by atoms with Crippen molar-refractivity contribution in [2.45, 2.75) is 50.1 Å². The predicted molar refractivity (Wildman–Crippen MR) is 114 cm³/mol. The summed E-state index contributed by atoms with van der Waals surface area (Å²) in [4.78, 5) is 13.5. The summed E-state index contributed by atoms with van der Waals surface area (Å²) in [5, 5.41) is 6.58. The lowest BCUT2D eigenvalue weighted by Gasteiger charge is -2.22. The number of nitrogens with one attached hydrogen (secondary N) is 1. The minimum atomic E-state index is -6.29. The molecule has 3 aromatic heterocycles. The van der Waals surface area contributed by atoms with Gasteiger partial charge in [-0.15, -0.1) is 11.3 Å². The summed E-state index contributed by atoms with van der Waals surface area (Å²) in [5.74, 6) is -7.30. The van der Waals surface area contributed by atoms with Crippen LogP contribution in [0.2, 0.25) is 0 Å². The summed E-state index contributed by atoms with van der Waals surface area (Å²) in [5.41, 5.74) is 2.03. The number of nitrogens with zero attached hydrogens (tertiary/aromatic N) is 3. The first-order valence-electron chi connectivity index (χ1n) is 10.5. The molecule has 1 unspecified atom stereocenters. The monoisotopic (exact) mass is 541 g/mol. The number of carbonyl (C=O) groups excluding carboxylic acids is 1. The van der Waals surface area contributed by atoms with Crippen LogP contribution in [0.25, 0.3) is 16.3 Å². The van der Waals surface area contributed by atoms with E-state index in [1.165, 1.54) is 6.07 Å². The van der Waals surface area contributed by atoms with Crippen LogP contribution in [-0.4, -0.2) is 32.5 Å². The summed E-state index contributed by atoms with van der Waals surface area (Å²) < 4.78 is 110. The number of amides is 1. The number of carbonyl (C=O) groups is 1. The van der Waals surface area contributed by atoms with E-state index in [-0.39, 0.29) is 29.3 Å². The van der Waals surface area contributed by atoms with Gasteiger partial charge < -0.3 is 15.6 Å². The van der Waals surface area contributed by atoms with Gasteiger partial charge >= 0.3 is 18.3 Å². The van der Waals surface area contributed by atoms with Gasteiger partial charge in [-0.2, -0.15) is 40.2 Å². The van der Waals surface area contributed by atoms with E-state index in [0.29, 0.717) is 19.0 Å². The zero-order valence-electron chi connectivity index (χ0n) is 18.6. The average Bonchev–Trinajstić information content (AvgIpc) is 3.15. The third-order valence-electron chi connectivity index (χ3n) is 5.54. The number of alkyl halides is 8. The summed E-state index contributed by atoms with van der Waals surface area (Å²) in [6, 6.07) is 0.969. The molecule has 1 saturated carbocycles. The quantitative estimate of drug-likeness (QED) is 0.404. The topological polar surface area (TPSA) is 77.9 Å². The number of hydrogen-bond acceptors (Lipinski definition) is 4. The molecule has 1 amide bonds. The SMILES string of the molecule is CC(N)c1sc(-c2cnn(-c3c(C(F)(F)C(F)(F)F)c(C(F)(F)F)cn3C)c2)cc1C(=O)NC1CC1. The first-order valence-corrected chi connectivity index (χ1v) is 11.3. The van der Waals surface area contributed by atoms with Gasteiger partial charge in [0.25, 0.3) is 5.91 Å². The molecule has 36 heavy (non-hydrogen) atoms. The van der Waals surface area contributed by atoms with Crippen LogP contribution < -0.4 is 11.1 Å². The molecule has 196 valence electrons. The fourth-order valence-corrected chi connectivity index (χ4v) is 4.76.